The van der Waals surface area contributed by atoms with E-state index in [4.69, 9.17) is 9.47 Å². The van der Waals surface area contributed by atoms with Gasteiger partial charge in [0.15, 0.2) is 11.5 Å². The highest BCUT2D eigenvalue weighted by atomic mass is 35.5. The molecule has 1 aromatic rings. The Bertz CT molecular complexity index is 494. The molecule has 0 spiro atoms. The number of esters is 1. The number of rotatable bonds is 5. The molecular formula is C16H26Cl2N2O3. The van der Waals surface area contributed by atoms with E-state index in [2.05, 4.69) is 17.1 Å². The van der Waals surface area contributed by atoms with Crippen molar-refractivity contribution in [3.05, 3.63) is 23.8 Å². The second-order valence-electron chi connectivity index (χ2n) is 5.21. The maximum Gasteiger partial charge on any atom is 0.308 e. The molecular weight excluding hydrogens is 339 g/mol. The van der Waals surface area contributed by atoms with Gasteiger partial charge in [-0.2, -0.15) is 0 Å². The highest BCUT2D eigenvalue weighted by Crippen LogP contribution is 2.33. The number of ether oxygens (including phenoxy) is 2. The van der Waals surface area contributed by atoms with Crippen LogP contribution in [0, 0.1) is 0 Å². The maximum atomic E-state index is 11.1. The number of hydrogen-bond donors (Lipinski definition) is 1. The lowest BCUT2D eigenvalue weighted by Crippen LogP contribution is -2.45. The van der Waals surface area contributed by atoms with Gasteiger partial charge in [-0.25, -0.2) is 0 Å². The van der Waals surface area contributed by atoms with Crippen molar-refractivity contribution in [1.82, 2.24) is 10.2 Å². The van der Waals surface area contributed by atoms with Gasteiger partial charge < -0.3 is 14.8 Å². The van der Waals surface area contributed by atoms with E-state index in [1.54, 1.807) is 7.11 Å². The van der Waals surface area contributed by atoms with Crippen molar-refractivity contribution in [2.24, 2.45) is 0 Å². The molecule has 1 heterocycles. The summed E-state index contributed by atoms with van der Waals surface area (Å²) in [6.45, 7) is 7.74. The number of benzene rings is 1. The highest BCUT2D eigenvalue weighted by Gasteiger charge is 2.22. The van der Waals surface area contributed by atoms with Crippen LogP contribution in [0.1, 0.15) is 31.9 Å². The monoisotopic (exact) mass is 364 g/mol. The van der Waals surface area contributed by atoms with Gasteiger partial charge >= 0.3 is 5.97 Å². The molecule has 0 aliphatic carbocycles. The highest BCUT2D eigenvalue weighted by molar-refractivity contribution is 5.85. The normalized spacial score (nSPS) is 15.8. The molecule has 1 aromatic carbocycles. The minimum Gasteiger partial charge on any atom is -0.493 e. The number of methoxy groups -OCH3 is 1. The molecule has 0 unspecified atom stereocenters. The average molecular weight is 365 g/mol. The Hall–Kier alpha value is -1.01. The Kier molecular flexibility index (Phi) is 10.2. The molecule has 0 saturated carbocycles. The molecule has 132 valence electrons. The Labute approximate surface area is 150 Å². The SMILES string of the molecule is CC[C@H](c1ccc(OC(C)=O)c(OC)c1)N1CCNCC1.Cl.Cl. The third-order valence-electron chi connectivity index (χ3n) is 3.81. The molecule has 1 fully saturated rings. The van der Waals surface area contributed by atoms with E-state index >= 15 is 0 Å². The van der Waals surface area contributed by atoms with Crippen LogP contribution in [0.25, 0.3) is 0 Å². The Morgan fingerprint density at radius 2 is 1.91 bits per heavy atom. The zero-order valence-electron chi connectivity index (χ0n) is 13.8. The van der Waals surface area contributed by atoms with Crippen LogP contribution in [0.2, 0.25) is 0 Å². The minimum absolute atomic E-state index is 0. The third-order valence-corrected chi connectivity index (χ3v) is 3.81. The lowest BCUT2D eigenvalue weighted by molar-refractivity contribution is -0.132. The van der Waals surface area contributed by atoms with Gasteiger partial charge in [0.05, 0.1) is 7.11 Å². The van der Waals surface area contributed by atoms with Gasteiger partial charge in [0.1, 0.15) is 0 Å². The summed E-state index contributed by atoms with van der Waals surface area (Å²) in [5.74, 6) is 0.746. The van der Waals surface area contributed by atoms with Gasteiger partial charge in [0.2, 0.25) is 0 Å². The number of carbonyl (C=O) groups excluding carboxylic acids is 1. The van der Waals surface area contributed by atoms with Crippen molar-refractivity contribution in [3.63, 3.8) is 0 Å². The fourth-order valence-electron chi connectivity index (χ4n) is 2.83. The zero-order valence-corrected chi connectivity index (χ0v) is 15.5. The molecule has 1 saturated heterocycles. The number of nitrogens with one attached hydrogen (secondary N) is 1. The van der Waals surface area contributed by atoms with Crippen molar-refractivity contribution in [3.8, 4) is 11.5 Å². The summed E-state index contributed by atoms with van der Waals surface area (Å²) in [6, 6.07) is 6.19. The van der Waals surface area contributed by atoms with Crippen LogP contribution in [-0.2, 0) is 4.79 Å². The topological polar surface area (TPSA) is 50.8 Å². The number of nitrogens with zero attached hydrogens (tertiary/aromatic N) is 1. The zero-order chi connectivity index (χ0) is 15.2. The lowest BCUT2D eigenvalue weighted by Gasteiger charge is -2.35. The van der Waals surface area contributed by atoms with E-state index in [0.717, 1.165) is 32.6 Å². The van der Waals surface area contributed by atoms with Crippen LogP contribution in [0.5, 0.6) is 11.5 Å². The van der Waals surface area contributed by atoms with Gasteiger partial charge in [-0.3, -0.25) is 9.69 Å². The summed E-state index contributed by atoms with van der Waals surface area (Å²) >= 11 is 0. The Morgan fingerprint density at radius 3 is 2.43 bits per heavy atom. The van der Waals surface area contributed by atoms with Crippen LogP contribution >= 0.6 is 24.8 Å². The van der Waals surface area contributed by atoms with E-state index in [0.29, 0.717) is 17.5 Å². The van der Waals surface area contributed by atoms with Crippen LogP contribution < -0.4 is 14.8 Å². The van der Waals surface area contributed by atoms with Crippen molar-refractivity contribution in [2.45, 2.75) is 26.3 Å². The van der Waals surface area contributed by atoms with Crippen LogP contribution in [0.3, 0.4) is 0 Å². The Balaban J connectivity index is 0.00000242. The first-order valence-corrected chi connectivity index (χ1v) is 7.46. The molecule has 0 radical (unpaired) electrons. The van der Waals surface area contributed by atoms with E-state index < -0.39 is 0 Å². The van der Waals surface area contributed by atoms with Crippen molar-refractivity contribution in [2.75, 3.05) is 33.3 Å². The van der Waals surface area contributed by atoms with Gasteiger partial charge in [0.25, 0.3) is 0 Å². The number of piperazine rings is 1. The quantitative estimate of drug-likeness (QED) is 0.642. The molecule has 0 bridgehead atoms. The molecule has 0 amide bonds. The third kappa shape index (κ3) is 5.84. The van der Waals surface area contributed by atoms with E-state index in [1.807, 2.05) is 18.2 Å². The van der Waals surface area contributed by atoms with Crippen LogP contribution in [0.4, 0.5) is 0 Å². The molecule has 7 heteroatoms. The molecule has 5 nitrogen and oxygen atoms in total. The standard InChI is InChI=1S/C16H24N2O3.2ClH/c1-4-14(18-9-7-17-8-10-18)13-5-6-15(21-12(2)19)16(11-13)20-3;;/h5-6,11,14,17H,4,7-10H2,1-3H3;2*1H/t14-;;/m1../s1. The summed E-state index contributed by atoms with van der Waals surface area (Å²) in [5, 5.41) is 3.37. The van der Waals surface area contributed by atoms with Gasteiger partial charge in [-0.1, -0.05) is 13.0 Å². The molecule has 2 rings (SSSR count). The predicted molar refractivity (Wildman–Crippen MR) is 96.3 cm³/mol. The number of carbonyl (C=O) groups is 1. The molecule has 1 N–H and O–H groups in total. The fraction of sp³-hybridized carbons (Fsp3) is 0.562. The van der Waals surface area contributed by atoms with E-state index in [9.17, 15) is 4.79 Å². The minimum atomic E-state index is -0.338. The summed E-state index contributed by atoms with van der Waals surface area (Å²) in [6.07, 6.45) is 1.04. The number of hydrogen-bond acceptors (Lipinski definition) is 5. The van der Waals surface area contributed by atoms with Crippen LogP contribution in [-0.4, -0.2) is 44.2 Å². The summed E-state index contributed by atoms with van der Waals surface area (Å²) in [5.41, 5.74) is 1.20. The maximum absolute atomic E-state index is 11.1. The van der Waals surface area contributed by atoms with E-state index in [-0.39, 0.29) is 30.8 Å². The fourth-order valence-corrected chi connectivity index (χ4v) is 2.83. The number of halogens is 2. The lowest BCUT2D eigenvalue weighted by atomic mass is 10.0. The second-order valence-corrected chi connectivity index (χ2v) is 5.21. The van der Waals surface area contributed by atoms with Crippen LogP contribution in [0.15, 0.2) is 18.2 Å². The average Bonchev–Trinajstić information content (AvgIpc) is 2.50. The van der Waals surface area contributed by atoms with Crippen molar-refractivity contribution >= 4 is 30.8 Å². The first-order valence-electron chi connectivity index (χ1n) is 7.46. The molecule has 0 aromatic heterocycles. The van der Waals surface area contributed by atoms with Gasteiger partial charge in [-0.15, -0.1) is 24.8 Å². The largest absolute Gasteiger partial charge is 0.493 e. The predicted octanol–water partition coefficient (Wildman–Crippen LogP) is 2.82. The second kappa shape index (κ2) is 10.7. The van der Waals surface area contributed by atoms with Gasteiger partial charge in [-0.05, 0) is 24.1 Å². The van der Waals surface area contributed by atoms with Crippen molar-refractivity contribution in [1.29, 1.82) is 0 Å². The smallest absolute Gasteiger partial charge is 0.308 e. The molecule has 1 aliphatic rings. The first-order chi connectivity index (χ1) is 10.2. The van der Waals surface area contributed by atoms with E-state index in [1.165, 1.54) is 12.5 Å². The van der Waals surface area contributed by atoms with Crippen molar-refractivity contribution < 1.29 is 14.3 Å². The molecule has 23 heavy (non-hydrogen) atoms. The summed E-state index contributed by atoms with van der Waals surface area (Å²) < 4.78 is 10.5. The Morgan fingerprint density at radius 1 is 1.26 bits per heavy atom. The first kappa shape index (κ1) is 22.0. The van der Waals surface area contributed by atoms with Gasteiger partial charge in [0, 0.05) is 39.1 Å². The summed E-state index contributed by atoms with van der Waals surface area (Å²) in [7, 11) is 1.60. The summed E-state index contributed by atoms with van der Waals surface area (Å²) in [4.78, 5) is 13.6. The molecule has 1 aliphatic heterocycles. The molecule has 1 atom stereocenters.